The van der Waals surface area contributed by atoms with Gasteiger partial charge < -0.3 is 20.4 Å². The Labute approximate surface area is 174 Å². The molecule has 3 N–H and O–H groups in total. The number of nitrogens with zero attached hydrogens (tertiary/aromatic N) is 2. The molecule has 8 heteroatoms. The first-order valence-electron chi connectivity index (χ1n) is 9.49. The normalized spacial score (nSPS) is 11.0. The topological polar surface area (TPSA) is 120 Å². The van der Waals surface area contributed by atoms with E-state index in [1.807, 2.05) is 24.3 Å². The predicted molar refractivity (Wildman–Crippen MR) is 114 cm³/mol. The Kier molecular flexibility index (Phi) is 6.02. The first kappa shape index (κ1) is 20.9. The van der Waals surface area contributed by atoms with Gasteiger partial charge in [-0.1, -0.05) is 12.1 Å². The number of pyridine rings is 1. The number of alkyl carbamates (subject to hydrolysis) is 1. The van der Waals surface area contributed by atoms with Gasteiger partial charge in [0, 0.05) is 42.0 Å². The fourth-order valence-corrected chi connectivity index (χ4v) is 2.85. The standard InChI is InChI=1S/C22H23N5O3/c1-22(2,3)30-21(29)24-8-7-19(28)27-17-6-4-5-14(9-17)15-10-18-16(11-23)13-26-20(18)25-12-15/h4-6,9-10,12-13H,7-8H2,1-3H3,(H,24,29)(H,25,26)(H,27,28). The van der Waals surface area contributed by atoms with Crippen molar-refractivity contribution >= 4 is 28.7 Å². The van der Waals surface area contributed by atoms with Gasteiger partial charge in [0.2, 0.25) is 5.91 Å². The van der Waals surface area contributed by atoms with Gasteiger partial charge in [-0.05, 0) is 44.5 Å². The maximum Gasteiger partial charge on any atom is 0.407 e. The molecule has 0 aliphatic carbocycles. The third-order valence-corrected chi connectivity index (χ3v) is 4.15. The Morgan fingerprint density at radius 3 is 2.77 bits per heavy atom. The summed E-state index contributed by atoms with van der Waals surface area (Å²) in [5, 5.41) is 15.3. The lowest BCUT2D eigenvalue weighted by Crippen LogP contribution is -2.34. The Hall–Kier alpha value is -3.86. The van der Waals surface area contributed by atoms with Gasteiger partial charge >= 0.3 is 6.09 Å². The Balaban J connectivity index is 1.62. The number of nitriles is 1. The van der Waals surface area contributed by atoms with Crippen LogP contribution in [0.1, 0.15) is 32.8 Å². The fourth-order valence-electron chi connectivity index (χ4n) is 2.85. The number of anilines is 1. The number of rotatable bonds is 5. The number of fused-ring (bicyclic) bond motifs is 1. The highest BCUT2D eigenvalue weighted by atomic mass is 16.6. The maximum absolute atomic E-state index is 12.2. The van der Waals surface area contributed by atoms with Crippen molar-refractivity contribution in [2.45, 2.75) is 32.8 Å². The van der Waals surface area contributed by atoms with Crippen molar-refractivity contribution in [1.29, 1.82) is 5.26 Å². The number of amides is 2. The monoisotopic (exact) mass is 405 g/mol. The molecule has 0 fully saturated rings. The Morgan fingerprint density at radius 1 is 1.23 bits per heavy atom. The molecule has 0 unspecified atom stereocenters. The van der Waals surface area contributed by atoms with Crippen LogP contribution in [0.4, 0.5) is 10.5 Å². The first-order valence-corrected chi connectivity index (χ1v) is 9.49. The smallest absolute Gasteiger partial charge is 0.407 e. The van der Waals surface area contributed by atoms with E-state index in [0.717, 1.165) is 16.5 Å². The Bertz CT molecular complexity index is 1120. The number of aromatic amines is 1. The summed E-state index contributed by atoms with van der Waals surface area (Å²) in [6, 6.07) is 11.4. The number of H-pyrrole nitrogens is 1. The van der Waals surface area contributed by atoms with Gasteiger partial charge in [0.05, 0.1) is 5.56 Å². The molecule has 0 saturated heterocycles. The quantitative estimate of drug-likeness (QED) is 0.593. The number of carbonyl (C=O) groups is 2. The second kappa shape index (κ2) is 8.66. The third-order valence-electron chi connectivity index (χ3n) is 4.15. The van der Waals surface area contributed by atoms with Crippen LogP contribution < -0.4 is 10.6 Å². The van der Waals surface area contributed by atoms with Crippen LogP contribution in [0, 0.1) is 11.3 Å². The van der Waals surface area contributed by atoms with Gasteiger partial charge in [0.25, 0.3) is 0 Å². The lowest BCUT2D eigenvalue weighted by atomic mass is 10.1. The van der Waals surface area contributed by atoms with E-state index >= 15 is 0 Å². The minimum absolute atomic E-state index is 0.117. The van der Waals surface area contributed by atoms with E-state index in [-0.39, 0.29) is 18.9 Å². The largest absolute Gasteiger partial charge is 0.444 e. The van der Waals surface area contributed by atoms with Crippen LogP contribution in [0.5, 0.6) is 0 Å². The average molecular weight is 405 g/mol. The third kappa shape index (κ3) is 5.35. The fraction of sp³-hybridized carbons (Fsp3) is 0.273. The van der Waals surface area contributed by atoms with E-state index in [2.05, 4.69) is 26.7 Å². The molecule has 0 saturated carbocycles. The molecule has 1 aromatic carbocycles. The minimum Gasteiger partial charge on any atom is -0.444 e. The summed E-state index contributed by atoms with van der Waals surface area (Å²) in [4.78, 5) is 31.1. The van der Waals surface area contributed by atoms with Gasteiger partial charge in [-0.15, -0.1) is 0 Å². The highest BCUT2D eigenvalue weighted by molar-refractivity contribution is 5.92. The lowest BCUT2D eigenvalue weighted by molar-refractivity contribution is -0.116. The molecule has 154 valence electrons. The van der Waals surface area contributed by atoms with Crippen LogP contribution in [-0.4, -0.2) is 34.1 Å². The highest BCUT2D eigenvalue weighted by Gasteiger charge is 2.16. The predicted octanol–water partition coefficient (Wildman–Crippen LogP) is 3.95. The van der Waals surface area contributed by atoms with Crippen molar-refractivity contribution in [2.75, 3.05) is 11.9 Å². The number of hydrogen-bond acceptors (Lipinski definition) is 5. The maximum atomic E-state index is 12.2. The van der Waals surface area contributed by atoms with Crippen molar-refractivity contribution in [1.82, 2.24) is 15.3 Å². The molecule has 0 atom stereocenters. The van der Waals surface area contributed by atoms with Gasteiger partial charge in [-0.3, -0.25) is 4.79 Å². The van der Waals surface area contributed by atoms with Crippen molar-refractivity contribution < 1.29 is 14.3 Å². The molecular weight excluding hydrogens is 382 g/mol. The van der Waals surface area contributed by atoms with Crippen LogP contribution in [0.2, 0.25) is 0 Å². The van der Waals surface area contributed by atoms with Crippen molar-refractivity contribution in [3.63, 3.8) is 0 Å². The van der Waals surface area contributed by atoms with Crippen LogP contribution in [0.3, 0.4) is 0 Å². The molecule has 2 heterocycles. The van der Waals surface area contributed by atoms with E-state index in [4.69, 9.17) is 4.74 Å². The van der Waals surface area contributed by atoms with Crippen molar-refractivity contribution in [2.24, 2.45) is 0 Å². The zero-order chi connectivity index (χ0) is 21.7. The summed E-state index contributed by atoms with van der Waals surface area (Å²) in [7, 11) is 0. The average Bonchev–Trinajstić information content (AvgIpc) is 3.09. The van der Waals surface area contributed by atoms with Crippen molar-refractivity contribution in [3.05, 3.63) is 48.3 Å². The number of hydrogen-bond donors (Lipinski definition) is 3. The van der Waals surface area contributed by atoms with Crippen molar-refractivity contribution in [3.8, 4) is 17.2 Å². The number of benzene rings is 1. The molecule has 30 heavy (non-hydrogen) atoms. The van der Waals surface area contributed by atoms with Crippen LogP contribution in [-0.2, 0) is 9.53 Å². The minimum atomic E-state index is -0.584. The number of aromatic nitrogens is 2. The zero-order valence-electron chi connectivity index (χ0n) is 17.1. The summed E-state index contributed by atoms with van der Waals surface area (Å²) in [6.45, 7) is 5.50. The first-order chi connectivity index (χ1) is 14.2. The van der Waals surface area contributed by atoms with Gasteiger partial charge in [0.15, 0.2) is 0 Å². The highest BCUT2D eigenvalue weighted by Crippen LogP contribution is 2.26. The van der Waals surface area contributed by atoms with Gasteiger partial charge in [-0.25, -0.2) is 9.78 Å². The second-order valence-corrected chi connectivity index (χ2v) is 7.74. The summed E-state index contributed by atoms with van der Waals surface area (Å²) >= 11 is 0. The molecule has 0 radical (unpaired) electrons. The molecule has 0 bridgehead atoms. The SMILES string of the molecule is CC(C)(C)OC(=O)NCCC(=O)Nc1cccc(-c2cnc3[nH]cc(C#N)c3c2)c1. The van der Waals surface area contributed by atoms with Crippen LogP contribution in [0.25, 0.3) is 22.2 Å². The molecule has 2 aromatic heterocycles. The van der Waals surface area contributed by atoms with E-state index in [1.54, 1.807) is 39.2 Å². The van der Waals surface area contributed by atoms with Gasteiger partial charge in [-0.2, -0.15) is 5.26 Å². The molecule has 3 rings (SSSR count). The number of carbonyl (C=O) groups excluding carboxylic acids is 2. The molecule has 0 aliphatic heterocycles. The lowest BCUT2D eigenvalue weighted by Gasteiger charge is -2.19. The van der Waals surface area contributed by atoms with Crippen LogP contribution in [0.15, 0.2) is 42.7 Å². The van der Waals surface area contributed by atoms with E-state index in [0.29, 0.717) is 16.9 Å². The summed E-state index contributed by atoms with van der Waals surface area (Å²) in [6.07, 6.45) is 2.91. The molecule has 3 aromatic rings. The summed E-state index contributed by atoms with van der Waals surface area (Å²) in [5.41, 5.74) is 2.92. The van der Waals surface area contributed by atoms with E-state index in [1.165, 1.54) is 0 Å². The Morgan fingerprint density at radius 2 is 2.03 bits per heavy atom. The zero-order valence-corrected chi connectivity index (χ0v) is 17.1. The molecular formula is C22H23N5O3. The second-order valence-electron chi connectivity index (χ2n) is 7.74. The molecule has 8 nitrogen and oxygen atoms in total. The number of ether oxygens (including phenoxy) is 1. The molecule has 0 aliphatic rings. The number of nitrogens with one attached hydrogen (secondary N) is 3. The van der Waals surface area contributed by atoms with E-state index < -0.39 is 11.7 Å². The van der Waals surface area contributed by atoms with E-state index in [9.17, 15) is 14.9 Å². The van der Waals surface area contributed by atoms with Crippen LogP contribution >= 0.6 is 0 Å². The summed E-state index contributed by atoms with van der Waals surface area (Å²) in [5.74, 6) is -0.228. The molecule has 0 spiro atoms. The summed E-state index contributed by atoms with van der Waals surface area (Å²) < 4.78 is 5.13. The molecule has 2 amide bonds. The van der Waals surface area contributed by atoms with Gasteiger partial charge in [0.1, 0.15) is 17.3 Å².